The second kappa shape index (κ2) is 8.73. The van der Waals surface area contributed by atoms with Crippen molar-refractivity contribution in [3.05, 3.63) is 57.8 Å². The lowest BCUT2D eigenvalue weighted by molar-refractivity contribution is -0.132. The third-order valence-corrected chi connectivity index (χ3v) is 5.50. The van der Waals surface area contributed by atoms with Crippen molar-refractivity contribution in [2.45, 2.75) is 25.9 Å². The minimum atomic E-state index is -0.675. The molecular formula is C20H20N2O4S. The Balaban J connectivity index is 1.67. The summed E-state index contributed by atoms with van der Waals surface area (Å²) in [6, 6.07) is 11.3. The maximum absolute atomic E-state index is 11.9. The van der Waals surface area contributed by atoms with E-state index >= 15 is 0 Å². The van der Waals surface area contributed by atoms with E-state index in [0.29, 0.717) is 29.4 Å². The first-order valence-corrected chi connectivity index (χ1v) is 9.41. The maximum atomic E-state index is 11.9. The van der Waals surface area contributed by atoms with E-state index in [0.717, 1.165) is 12.1 Å². The van der Waals surface area contributed by atoms with Crippen LogP contribution in [0.3, 0.4) is 0 Å². The molecule has 0 N–H and O–H groups in total. The Morgan fingerprint density at radius 2 is 2.11 bits per heavy atom. The van der Waals surface area contributed by atoms with Crippen LogP contribution in [0, 0.1) is 5.92 Å². The van der Waals surface area contributed by atoms with Crippen LogP contribution < -0.4 is 0 Å². The molecule has 2 aromatic rings. The van der Waals surface area contributed by atoms with Crippen LogP contribution in [0.25, 0.3) is 0 Å². The number of carbonyl (C=O) groups excluding carboxylic acids is 2. The van der Waals surface area contributed by atoms with Crippen LogP contribution in [-0.2, 0) is 25.8 Å². The van der Waals surface area contributed by atoms with E-state index in [-0.39, 0.29) is 12.3 Å². The Morgan fingerprint density at radius 1 is 1.30 bits per heavy atom. The molecule has 1 aliphatic carbocycles. The third kappa shape index (κ3) is 4.49. The number of oxime groups is 1. The van der Waals surface area contributed by atoms with Crippen LogP contribution in [0.4, 0.5) is 0 Å². The van der Waals surface area contributed by atoms with Gasteiger partial charge >= 0.3 is 5.97 Å². The zero-order valence-electron chi connectivity index (χ0n) is 15.1. The van der Waals surface area contributed by atoms with Crippen molar-refractivity contribution >= 4 is 35.1 Å². The molecule has 6 nitrogen and oxygen atoms in total. The van der Waals surface area contributed by atoms with E-state index in [9.17, 15) is 9.59 Å². The van der Waals surface area contributed by atoms with Crippen LogP contribution in [0.1, 0.15) is 35.3 Å². The molecule has 1 heterocycles. The van der Waals surface area contributed by atoms with Crippen LogP contribution in [0.2, 0.25) is 0 Å². The molecule has 2 unspecified atom stereocenters. The molecule has 0 bridgehead atoms. The first-order valence-electron chi connectivity index (χ1n) is 8.53. The van der Waals surface area contributed by atoms with Gasteiger partial charge in [-0.05, 0) is 24.8 Å². The second-order valence-corrected chi connectivity index (χ2v) is 7.18. The van der Waals surface area contributed by atoms with Gasteiger partial charge in [-0.2, -0.15) is 0 Å². The fourth-order valence-corrected chi connectivity index (χ4v) is 3.91. The Labute approximate surface area is 161 Å². The Kier molecular flexibility index (Phi) is 6.13. The highest BCUT2D eigenvalue weighted by molar-refractivity contribution is 7.10. The second-order valence-electron chi connectivity index (χ2n) is 6.20. The summed E-state index contributed by atoms with van der Waals surface area (Å²) in [5, 5.41) is 6.34. The van der Waals surface area contributed by atoms with Crippen molar-refractivity contribution in [2.24, 2.45) is 16.1 Å². The lowest BCUT2D eigenvalue weighted by atomic mass is 10.0. The smallest absolute Gasteiger partial charge is 0.357 e. The normalized spacial score (nSPS) is 19.5. The van der Waals surface area contributed by atoms with Gasteiger partial charge in [0.2, 0.25) is 6.41 Å². The monoisotopic (exact) mass is 384 g/mol. The average molecular weight is 384 g/mol. The number of esters is 1. The molecule has 0 aliphatic heterocycles. The predicted molar refractivity (Wildman–Crippen MR) is 104 cm³/mol. The molecule has 1 aromatic carbocycles. The quantitative estimate of drug-likeness (QED) is 0.302. The van der Waals surface area contributed by atoms with Gasteiger partial charge in [-0.3, -0.25) is 4.79 Å². The summed E-state index contributed by atoms with van der Waals surface area (Å²) >= 11 is 1.77. The van der Waals surface area contributed by atoms with Gasteiger partial charge in [0.05, 0.1) is 12.8 Å². The summed E-state index contributed by atoms with van der Waals surface area (Å²) in [5.41, 5.74) is 2.10. The summed E-state index contributed by atoms with van der Waals surface area (Å²) in [6.45, 7) is 2.14. The van der Waals surface area contributed by atoms with Crippen LogP contribution in [-0.4, -0.2) is 30.9 Å². The van der Waals surface area contributed by atoms with Crippen molar-refractivity contribution < 1.29 is 19.2 Å². The molecule has 1 fully saturated rings. The molecule has 0 spiro atoms. The predicted octanol–water partition coefficient (Wildman–Crippen LogP) is 3.56. The van der Waals surface area contributed by atoms with Gasteiger partial charge in [0.15, 0.2) is 5.71 Å². The number of thiophene rings is 1. The molecule has 0 saturated heterocycles. The molecule has 1 aromatic heterocycles. The highest BCUT2D eigenvalue weighted by Gasteiger charge is 2.41. The molecular weight excluding hydrogens is 364 g/mol. The zero-order valence-corrected chi connectivity index (χ0v) is 15.9. The van der Waals surface area contributed by atoms with Crippen molar-refractivity contribution in [3.8, 4) is 0 Å². The molecule has 1 aliphatic rings. The van der Waals surface area contributed by atoms with E-state index in [1.165, 1.54) is 12.0 Å². The number of methoxy groups -OCH3 is 1. The van der Waals surface area contributed by atoms with Gasteiger partial charge in [-0.25, -0.2) is 9.79 Å². The summed E-state index contributed by atoms with van der Waals surface area (Å²) in [7, 11) is 1.25. The van der Waals surface area contributed by atoms with Crippen molar-refractivity contribution in [2.75, 3.05) is 7.11 Å². The third-order valence-electron chi connectivity index (χ3n) is 4.50. The molecule has 1 amide bonds. The van der Waals surface area contributed by atoms with E-state index in [4.69, 9.17) is 9.57 Å². The van der Waals surface area contributed by atoms with Crippen molar-refractivity contribution in [1.29, 1.82) is 0 Å². The lowest BCUT2D eigenvalue weighted by Gasteiger charge is -2.09. The maximum Gasteiger partial charge on any atom is 0.357 e. The topological polar surface area (TPSA) is 77.3 Å². The first-order chi connectivity index (χ1) is 13.2. The van der Waals surface area contributed by atoms with E-state index in [1.807, 2.05) is 13.0 Å². The number of aliphatic imine (C=N–C) groups is 1. The summed E-state index contributed by atoms with van der Waals surface area (Å²) in [5.74, 6) is 0.280. The fourth-order valence-electron chi connectivity index (χ4n) is 3.00. The highest BCUT2D eigenvalue weighted by atomic mass is 32.1. The van der Waals surface area contributed by atoms with E-state index < -0.39 is 5.97 Å². The first kappa shape index (κ1) is 19.0. The minimum Gasteiger partial charge on any atom is -0.464 e. The number of amides is 1. The largest absolute Gasteiger partial charge is 0.464 e. The lowest BCUT2D eigenvalue weighted by Crippen LogP contribution is -2.19. The SMILES string of the molecule is COC(=O)C(=NC=O)c1ccccc1CON=C(C)C1CC1c1cccs1. The molecule has 1 saturated carbocycles. The standard InChI is InChI=1S/C20H20N2O4S/c1-13(16-10-17(16)18-8-5-9-27-18)22-26-11-14-6-3-4-7-15(14)19(21-12-23)20(24)25-2/h3-9,12,16-17H,10-11H2,1-2H3. The van der Waals surface area contributed by atoms with Gasteiger partial charge in [-0.15, -0.1) is 11.3 Å². The van der Waals surface area contributed by atoms with Crippen molar-refractivity contribution in [1.82, 2.24) is 0 Å². The molecule has 2 atom stereocenters. The number of ether oxygens (including phenoxy) is 1. The summed E-state index contributed by atoms with van der Waals surface area (Å²) in [6.07, 6.45) is 1.41. The van der Waals surface area contributed by atoms with E-state index in [2.05, 4.69) is 27.7 Å². The highest BCUT2D eigenvalue weighted by Crippen LogP contribution is 2.49. The Hall–Kier alpha value is -2.80. The van der Waals surface area contributed by atoms with Crippen LogP contribution in [0.15, 0.2) is 51.9 Å². The van der Waals surface area contributed by atoms with Gasteiger partial charge in [0, 0.05) is 27.8 Å². The van der Waals surface area contributed by atoms with Crippen LogP contribution in [0.5, 0.6) is 0 Å². The van der Waals surface area contributed by atoms with Gasteiger partial charge in [0.25, 0.3) is 0 Å². The Bertz CT molecular complexity index is 874. The molecule has 0 radical (unpaired) electrons. The Morgan fingerprint density at radius 3 is 2.81 bits per heavy atom. The number of rotatable bonds is 8. The van der Waals surface area contributed by atoms with Crippen molar-refractivity contribution in [3.63, 3.8) is 0 Å². The van der Waals surface area contributed by atoms with Gasteiger partial charge in [-0.1, -0.05) is 35.5 Å². The number of carbonyl (C=O) groups is 2. The molecule has 27 heavy (non-hydrogen) atoms. The average Bonchev–Trinajstić information content (AvgIpc) is 3.31. The number of hydrogen-bond donors (Lipinski definition) is 0. The molecule has 140 valence electrons. The van der Waals surface area contributed by atoms with Gasteiger partial charge in [0.1, 0.15) is 6.61 Å². The fraction of sp³-hybridized carbons (Fsp3) is 0.300. The van der Waals surface area contributed by atoms with E-state index in [1.54, 1.807) is 29.5 Å². The number of nitrogens with zero attached hydrogens (tertiary/aromatic N) is 2. The number of hydrogen-bond acceptors (Lipinski definition) is 6. The van der Waals surface area contributed by atoms with Gasteiger partial charge < -0.3 is 9.57 Å². The number of benzene rings is 1. The summed E-state index contributed by atoms with van der Waals surface area (Å²) in [4.78, 5) is 33.2. The minimum absolute atomic E-state index is 0.0487. The summed E-state index contributed by atoms with van der Waals surface area (Å²) < 4.78 is 4.71. The zero-order chi connectivity index (χ0) is 19.2. The van der Waals surface area contributed by atoms with Crippen LogP contribution >= 0.6 is 11.3 Å². The molecule has 7 heteroatoms. The molecule has 3 rings (SSSR count).